The minimum absolute atomic E-state index is 0.103. The molecular formula is C73H116O6. The number of carbonyl (C=O) groups is 3. The third-order valence-electron chi connectivity index (χ3n) is 13.0. The second-order valence-electron chi connectivity index (χ2n) is 20.5. The quantitative estimate of drug-likeness (QED) is 0.0261. The summed E-state index contributed by atoms with van der Waals surface area (Å²) in [6.07, 6.45) is 95.3. The summed E-state index contributed by atoms with van der Waals surface area (Å²) >= 11 is 0. The smallest absolute Gasteiger partial charge is 0.306 e. The monoisotopic (exact) mass is 1090 g/mol. The van der Waals surface area contributed by atoms with E-state index in [4.69, 9.17) is 14.2 Å². The Labute approximate surface area is 486 Å². The predicted octanol–water partition coefficient (Wildman–Crippen LogP) is 22.1. The molecule has 1 atom stereocenters. The summed E-state index contributed by atoms with van der Waals surface area (Å²) < 4.78 is 16.9. The van der Waals surface area contributed by atoms with Crippen LogP contribution in [0.4, 0.5) is 0 Å². The summed E-state index contributed by atoms with van der Waals surface area (Å²) in [5.74, 6) is -0.958. The highest BCUT2D eigenvalue weighted by Crippen LogP contribution is 2.15. The molecule has 0 saturated carbocycles. The van der Waals surface area contributed by atoms with E-state index in [0.717, 1.165) is 167 Å². The molecule has 1 unspecified atom stereocenters. The lowest BCUT2D eigenvalue weighted by atomic mass is 10.0. The molecule has 444 valence electrons. The molecule has 6 heteroatoms. The fraction of sp³-hybridized carbons (Fsp3) is 0.603. The van der Waals surface area contributed by atoms with Crippen LogP contribution in [0.5, 0.6) is 0 Å². The van der Waals surface area contributed by atoms with E-state index >= 15 is 0 Å². The van der Waals surface area contributed by atoms with Crippen LogP contribution >= 0.6 is 0 Å². The van der Waals surface area contributed by atoms with E-state index in [2.05, 4.69) is 179 Å². The summed E-state index contributed by atoms with van der Waals surface area (Å²) in [7, 11) is 0. The van der Waals surface area contributed by atoms with Crippen molar-refractivity contribution in [2.75, 3.05) is 13.2 Å². The van der Waals surface area contributed by atoms with Gasteiger partial charge in [-0.15, -0.1) is 0 Å². The first-order chi connectivity index (χ1) is 39.0. The molecule has 0 aliphatic heterocycles. The summed E-state index contributed by atoms with van der Waals surface area (Å²) in [5, 5.41) is 0. The van der Waals surface area contributed by atoms with Crippen molar-refractivity contribution in [1.29, 1.82) is 0 Å². The van der Waals surface area contributed by atoms with Gasteiger partial charge in [-0.1, -0.05) is 262 Å². The number of hydrogen-bond acceptors (Lipinski definition) is 6. The molecular weight excluding hydrogens is 973 g/mol. The molecule has 0 radical (unpaired) electrons. The molecule has 0 spiro atoms. The highest BCUT2D eigenvalue weighted by atomic mass is 16.6. The maximum absolute atomic E-state index is 12.9. The van der Waals surface area contributed by atoms with E-state index < -0.39 is 6.10 Å². The topological polar surface area (TPSA) is 78.9 Å². The third kappa shape index (κ3) is 63.7. The molecule has 0 saturated heterocycles. The second-order valence-corrected chi connectivity index (χ2v) is 20.5. The van der Waals surface area contributed by atoms with E-state index in [0.29, 0.717) is 19.3 Å². The van der Waals surface area contributed by atoms with Gasteiger partial charge in [0.05, 0.1) is 0 Å². The Balaban J connectivity index is 4.39. The Bertz CT molecular complexity index is 1780. The van der Waals surface area contributed by atoms with Gasteiger partial charge in [0.1, 0.15) is 13.2 Å². The summed E-state index contributed by atoms with van der Waals surface area (Å²) in [4.78, 5) is 38.3. The standard InChI is InChI=1S/C73H116O6/c1-4-7-10-13-16-19-22-25-27-29-31-33-34-35-36-37-38-40-41-43-45-48-51-54-57-60-63-66-72(75)78-69-70(68-77-71(74)65-62-59-56-53-50-47-24-21-18-15-12-9-6-3)79-73(76)67-64-61-58-55-52-49-46-44-42-39-32-30-28-26-23-20-17-14-11-8-5-2/h7-12,16-21,25-28,31-33,35-36,39,44,46-47,50,70H,4-6,13-15,22-24,29-30,34,37-38,40-43,45,48-49,51-69H2,1-3H3/b10-7-,11-8-,12-9-,19-16-,20-17-,21-18-,27-25-,28-26-,33-31-,36-35-,39-32-,46-44-,50-47-. The van der Waals surface area contributed by atoms with Crippen LogP contribution in [-0.2, 0) is 28.6 Å². The second kappa shape index (κ2) is 65.5. The lowest BCUT2D eigenvalue weighted by molar-refractivity contribution is -0.167. The molecule has 6 nitrogen and oxygen atoms in total. The highest BCUT2D eigenvalue weighted by molar-refractivity contribution is 5.71. The van der Waals surface area contributed by atoms with Crippen LogP contribution in [0.3, 0.4) is 0 Å². The predicted molar refractivity (Wildman–Crippen MR) is 343 cm³/mol. The maximum atomic E-state index is 12.9. The zero-order valence-corrected chi connectivity index (χ0v) is 50.8. The summed E-state index contributed by atoms with van der Waals surface area (Å²) in [6, 6.07) is 0. The summed E-state index contributed by atoms with van der Waals surface area (Å²) in [5.41, 5.74) is 0. The largest absolute Gasteiger partial charge is 0.462 e. The number of carbonyl (C=O) groups excluding carboxylic acids is 3. The fourth-order valence-corrected chi connectivity index (χ4v) is 8.33. The average Bonchev–Trinajstić information content (AvgIpc) is 3.45. The minimum atomic E-state index is -0.811. The van der Waals surface area contributed by atoms with Crippen LogP contribution < -0.4 is 0 Å². The highest BCUT2D eigenvalue weighted by Gasteiger charge is 2.19. The van der Waals surface area contributed by atoms with Crippen molar-refractivity contribution >= 4 is 17.9 Å². The minimum Gasteiger partial charge on any atom is -0.462 e. The molecule has 0 aromatic rings. The first-order valence-corrected chi connectivity index (χ1v) is 32.0. The zero-order chi connectivity index (χ0) is 57.1. The van der Waals surface area contributed by atoms with Gasteiger partial charge in [-0.2, -0.15) is 0 Å². The zero-order valence-electron chi connectivity index (χ0n) is 50.8. The molecule has 0 aromatic carbocycles. The van der Waals surface area contributed by atoms with Crippen molar-refractivity contribution < 1.29 is 28.6 Å². The van der Waals surface area contributed by atoms with Crippen LogP contribution in [0.25, 0.3) is 0 Å². The van der Waals surface area contributed by atoms with E-state index in [-0.39, 0.29) is 31.1 Å². The van der Waals surface area contributed by atoms with E-state index in [1.807, 2.05) is 0 Å². The van der Waals surface area contributed by atoms with E-state index in [1.165, 1.54) is 57.8 Å². The van der Waals surface area contributed by atoms with E-state index in [1.54, 1.807) is 0 Å². The fourth-order valence-electron chi connectivity index (χ4n) is 8.33. The first-order valence-electron chi connectivity index (χ1n) is 32.0. The molecule has 0 aliphatic carbocycles. The number of unbranched alkanes of at least 4 members (excludes halogenated alkanes) is 19. The first kappa shape index (κ1) is 74.0. The molecule has 0 bridgehead atoms. The number of ether oxygens (including phenoxy) is 3. The lowest BCUT2D eigenvalue weighted by Crippen LogP contribution is -2.30. The van der Waals surface area contributed by atoms with Crippen molar-refractivity contribution in [3.63, 3.8) is 0 Å². The van der Waals surface area contributed by atoms with Crippen LogP contribution in [0.2, 0.25) is 0 Å². The van der Waals surface area contributed by atoms with Crippen LogP contribution in [0, 0.1) is 0 Å². The molecule has 0 amide bonds. The Morgan fingerprint density at radius 2 is 0.456 bits per heavy atom. The average molecular weight is 1090 g/mol. The van der Waals surface area contributed by atoms with Gasteiger partial charge in [-0.3, -0.25) is 14.4 Å². The molecule has 0 aromatic heterocycles. The van der Waals surface area contributed by atoms with Gasteiger partial charge in [0.15, 0.2) is 6.10 Å². The van der Waals surface area contributed by atoms with Gasteiger partial charge in [0, 0.05) is 19.3 Å². The molecule has 0 rings (SSSR count). The number of esters is 3. The van der Waals surface area contributed by atoms with Crippen molar-refractivity contribution in [3.05, 3.63) is 158 Å². The molecule has 0 N–H and O–H groups in total. The van der Waals surface area contributed by atoms with Gasteiger partial charge in [0.2, 0.25) is 0 Å². The van der Waals surface area contributed by atoms with Crippen molar-refractivity contribution in [2.45, 2.75) is 271 Å². The van der Waals surface area contributed by atoms with Crippen LogP contribution in [-0.4, -0.2) is 37.2 Å². The molecule has 79 heavy (non-hydrogen) atoms. The molecule has 0 heterocycles. The molecule has 0 aliphatic rings. The Morgan fingerprint density at radius 3 is 0.722 bits per heavy atom. The van der Waals surface area contributed by atoms with Gasteiger partial charge >= 0.3 is 17.9 Å². The van der Waals surface area contributed by atoms with Crippen LogP contribution in [0.1, 0.15) is 265 Å². The van der Waals surface area contributed by atoms with E-state index in [9.17, 15) is 14.4 Å². The Hall–Kier alpha value is -4.97. The normalized spacial score (nSPS) is 13.2. The van der Waals surface area contributed by atoms with Crippen molar-refractivity contribution in [3.8, 4) is 0 Å². The number of allylic oxidation sites excluding steroid dienone is 26. The molecule has 0 fully saturated rings. The van der Waals surface area contributed by atoms with Crippen molar-refractivity contribution in [2.24, 2.45) is 0 Å². The Morgan fingerprint density at radius 1 is 0.253 bits per heavy atom. The number of rotatable bonds is 56. The van der Waals surface area contributed by atoms with Gasteiger partial charge in [-0.25, -0.2) is 0 Å². The third-order valence-corrected chi connectivity index (χ3v) is 13.0. The SMILES string of the molecule is CC/C=C\C/C=C\C/C=C\C/C=C\C/C=C\CCCCCCCCCCCCCC(=O)OCC(COC(=O)CCCCC/C=C\C/C=C\C/C=C\CC)OC(=O)CCCCCCC/C=C\C/C=C\C/C=C\C/C=C\C/C=C\CC. The maximum Gasteiger partial charge on any atom is 0.306 e. The van der Waals surface area contributed by atoms with Gasteiger partial charge in [0.25, 0.3) is 0 Å². The number of hydrogen-bond donors (Lipinski definition) is 0. The van der Waals surface area contributed by atoms with Crippen LogP contribution in [0.15, 0.2) is 158 Å². The van der Waals surface area contributed by atoms with Crippen molar-refractivity contribution in [1.82, 2.24) is 0 Å². The van der Waals surface area contributed by atoms with Gasteiger partial charge < -0.3 is 14.2 Å². The Kier molecular flexibility index (Phi) is 61.4. The van der Waals surface area contributed by atoms with Gasteiger partial charge in [-0.05, 0) is 141 Å². The lowest BCUT2D eigenvalue weighted by Gasteiger charge is -2.18. The summed E-state index contributed by atoms with van der Waals surface area (Å²) in [6.45, 7) is 6.25.